The summed E-state index contributed by atoms with van der Waals surface area (Å²) in [5.41, 5.74) is 0.145. The molecule has 1 fully saturated rings. The summed E-state index contributed by atoms with van der Waals surface area (Å²) in [7, 11) is 0. The fourth-order valence-corrected chi connectivity index (χ4v) is 2.23. The first-order valence-electron chi connectivity index (χ1n) is 4.82. The molecule has 2 N–H and O–H groups in total. The van der Waals surface area contributed by atoms with E-state index in [9.17, 15) is 5.11 Å². The Balaban J connectivity index is 2.16. The largest absolute Gasteiger partial charge is 0.388 e. The second-order valence-electron chi connectivity index (χ2n) is 3.93. The maximum absolute atomic E-state index is 10.2. The highest BCUT2D eigenvalue weighted by atomic mass is 35.5. The van der Waals surface area contributed by atoms with Crippen molar-refractivity contribution in [1.82, 2.24) is 10.3 Å². The van der Waals surface area contributed by atoms with Gasteiger partial charge in [-0.05, 0) is 24.6 Å². The first-order chi connectivity index (χ1) is 7.09. The third-order valence-corrected chi connectivity index (χ3v) is 3.20. The van der Waals surface area contributed by atoms with Crippen LogP contribution in [0.5, 0.6) is 0 Å². The van der Waals surface area contributed by atoms with Gasteiger partial charge in [-0.25, -0.2) is 4.98 Å². The monoisotopic (exact) mass is 246 g/mol. The van der Waals surface area contributed by atoms with E-state index in [0.717, 1.165) is 18.5 Å². The van der Waals surface area contributed by atoms with Crippen molar-refractivity contribution in [2.45, 2.75) is 18.4 Å². The van der Waals surface area contributed by atoms with Crippen molar-refractivity contribution in [2.75, 3.05) is 13.1 Å². The van der Waals surface area contributed by atoms with E-state index in [1.165, 1.54) is 0 Å². The Morgan fingerprint density at radius 1 is 1.53 bits per heavy atom. The van der Waals surface area contributed by atoms with Gasteiger partial charge >= 0.3 is 0 Å². The summed E-state index contributed by atoms with van der Waals surface area (Å²) in [4.78, 5) is 3.96. The summed E-state index contributed by atoms with van der Waals surface area (Å²) < 4.78 is 0. The van der Waals surface area contributed by atoms with E-state index >= 15 is 0 Å². The van der Waals surface area contributed by atoms with Gasteiger partial charge < -0.3 is 10.4 Å². The van der Waals surface area contributed by atoms with Gasteiger partial charge in [0.25, 0.3) is 0 Å². The molecule has 1 aliphatic heterocycles. The number of rotatable bonds is 2. The number of hydrogen-bond donors (Lipinski definition) is 2. The highest BCUT2D eigenvalue weighted by Crippen LogP contribution is 2.26. The number of halogens is 2. The van der Waals surface area contributed by atoms with E-state index in [0.29, 0.717) is 23.1 Å². The van der Waals surface area contributed by atoms with Gasteiger partial charge in [0.2, 0.25) is 0 Å². The zero-order valence-electron chi connectivity index (χ0n) is 8.13. The normalized spacial score (nSPS) is 25.8. The molecular weight excluding hydrogens is 235 g/mol. The molecule has 0 spiro atoms. The molecule has 1 unspecified atom stereocenters. The van der Waals surface area contributed by atoms with E-state index < -0.39 is 5.60 Å². The number of aromatic nitrogens is 1. The Labute approximate surface area is 98.4 Å². The van der Waals surface area contributed by atoms with Crippen LogP contribution in [0.2, 0.25) is 10.2 Å². The molecule has 1 aromatic rings. The van der Waals surface area contributed by atoms with Gasteiger partial charge in [0.1, 0.15) is 5.15 Å². The molecule has 0 bridgehead atoms. The number of hydrogen-bond acceptors (Lipinski definition) is 3. The fourth-order valence-electron chi connectivity index (χ4n) is 1.80. The van der Waals surface area contributed by atoms with E-state index in [-0.39, 0.29) is 0 Å². The van der Waals surface area contributed by atoms with Crippen molar-refractivity contribution in [1.29, 1.82) is 0 Å². The molecule has 0 aromatic carbocycles. The third kappa shape index (κ3) is 2.61. The molecule has 2 rings (SSSR count). The number of nitrogens with zero attached hydrogens (tertiary/aromatic N) is 1. The molecule has 1 atom stereocenters. The molecule has 3 nitrogen and oxygen atoms in total. The molecule has 82 valence electrons. The summed E-state index contributed by atoms with van der Waals surface area (Å²) in [6, 6.07) is 1.60. The molecule has 0 aliphatic carbocycles. The standard InChI is InChI=1S/C10H12Cl2N2O/c11-8-3-9(12)14-5-7(8)4-10(15)1-2-13-6-10/h3,5,13,15H,1-2,4,6H2. The van der Waals surface area contributed by atoms with Crippen molar-refractivity contribution in [2.24, 2.45) is 0 Å². The second-order valence-corrected chi connectivity index (χ2v) is 4.72. The highest BCUT2D eigenvalue weighted by molar-refractivity contribution is 6.34. The predicted molar refractivity (Wildman–Crippen MR) is 60.4 cm³/mol. The predicted octanol–water partition coefficient (Wildman–Crippen LogP) is 1.66. The number of aliphatic hydroxyl groups is 1. The van der Waals surface area contributed by atoms with Crippen molar-refractivity contribution in [3.63, 3.8) is 0 Å². The summed E-state index contributed by atoms with van der Waals surface area (Å²) in [6.45, 7) is 1.45. The summed E-state index contributed by atoms with van der Waals surface area (Å²) in [5, 5.41) is 14.2. The maximum atomic E-state index is 10.2. The third-order valence-electron chi connectivity index (χ3n) is 2.64. The average molecular weight is 247 g/mol. The Bertz CT molecular complexity index is 364. The Kier molecular flexibility index (Phi) is 3.16. The van der Waals surface area contributed by atoms with Crippen molar-refractivity contribution in [3.8, 4) is 0 Å². The van der Waals surface area contributed by atoms with E-state index in [1.807, 2.05) is 0 Å². The lowest BCUT2D eigenvalue weighted by atomic mass is 9.95. The van der Waals surface area contributed by atoms with Crippen LogP contribution in [0.3, 0.4) is 0 Å². The van der Waals surface area contributed by atoms with Gasteiger partial charge in [-0.15, -0.1) is 0 Å². The number of nitrogens with one attached hydrogen (secondary N) is 1. The van der Waals surface area contributed by atoms with Gasteiger partial charge in [-0.2, -0.15) is 0 Å². The van der Waals surface area contributed by atoms with Crippen molar-refractivity contribution in [3.05, 3.63) is 28.0 Å². The molecule has 1 aliphatic rings. The van der Waals surface area contributed by atoms with E-state index in [1.54, 1.807) is 12.3 Å². The van der Waals surface area contributed by atoms with Gasteiger partial charge in [-0.3, -0.25) is 0 Å². The Morgan fingerprint density at radius 3 is 2.93 bits per heavy atom. The van der Waals surface area contributed by atoms with Crippen LogP contribution in [0.4, 0.5) is 0 Å². The molecule has 0 radical (unpaired) electrons. The Hall–Kier alpha value is -0.350. The quantitative estimate of drug-likeness (QED) is 0.781. The van der Waals surface area contributed by atoms with Crippen LogP contribution in [-0.2, 0) is 6.42 Å². The topological polar surface area (TPSA) is 45.2 Å². The van der Waals surface area contributed by atoms with Gasteiger partial charge in [-0.1, -0.05) is 23.2 Å². The van der Waals surface area contributed by atoms with Gasteiger partial charge in [0, 0.05) is 24.2 Å². The van der Waals surface area contributed by atoms with Gasteiger partial charge in [0.15, 0.2) is 0 Å². The lowest BCUT2D eigenvalue weighted by Crippen LogP contribution is -2.33. The fraction of sp³-hybridized carbons (Fsp3) is 0.500. The smallest absolute Gasteiger partial charge is 0.130 e. The minimum atomic E-state index is -0.695. The van der Waals surface area contributed by atoms with E-state index in [4.69, 9.17) is 23.2 Å². The summed E-state index contributed by atoms with van der Waals surface area (Å²) in [5.74, 6) is 0. The van der Waals surface area contributed by atoms with Crippen LogP contribution >= 0.6 is 23.2 Å². The molecule has 1 aromatic heterocycles. The highest BCUT2D eigenvalue weighted by Gasteiger charge is 2.31. The van der Waals surface area contributed by atoms with Crippen LogP contribution in [0.15, 0.2) is 12.3 Å². The molecule has 2 heterocycles. The minimum absolute atomic E-state index is 0.375. The lowest BCUT2D eigenvalue weighted by molar-refractivity contribution is 0.0618. The first kappa shape index (κ1) is 11.1. The number of β-amino-alcohol motifs (C(OH)–C–C–N with tert-alkyl or cyclic N) is 1. The zero-order valence-corrected chi connectivity index (χ0v) is 9.65. The molecule has 0 saturated carbocycles. The molecule has 0 amide bonds. The maximum Gasteiger partial charge on any atom is 0.130 e. The molecule has 5 heteroatoms. The van der Waals surface area contributed by atoms with Gasteiger partial charge in [0.05, 0.1) is 5.60 Å². The first-order valence-corrected chi connectivity index (χ1v) is 5.58. The second kappa shape index (κ2) is 4.26. The molecule has 1 saturated heterocycles. The summed E-state index contributed by atoms with van der Waals surface area (Å²) in [6.07, 6.45) is 2.88. The van der Waals surface area contributed by atoms with Crippen molar-refractivity contribution >= 4 is 23.2 Å². The van der Waals surface area contributed by atoms with Crippen LogP contribution < -0.4 is 5.32 Å². The van der Waals surface area contributed by atoms with Crippen LogP contribution in [0, 0.1) is 0 Å². The zero-order chi connectivity index (χ0) is 10.9. The lowest BCUT2D eigenvalue weighted by Gasteiger charge is -2.21. The Morgan fingerprint density at radius 2 is 2.33 bits per heavy atom. The molecular formula is C10H12Cl2N2O. The van der Waals surface area contributed by atoms with Crippen LogP contribution in [0.25, 0.3) is 0 Å². The van der Waals surface area contributed by atoms with E-state index in [2.05, 4.69) is 10.3 Å². The SMILES string of the molecule is OC1(Cc2cnc(Cl)cc2Cl)CCNC1. The summed E-state index contributed by atoms with van der Waals surface area (Å²) >= 11 is 11.7. The minimum Gasteiger partial charge on any atom is -0.388 e. The van der Waals surface area contributed by atoms with Crippen LogP contribution in [0.1, 0.15) is 12.0 Å². The number of pyridine rings is 1. The van der Waals surface area contributed by atoms with Crippen molar-refractivity contribution < 1.29 is 5.11 Å². The molecule has 15 heavy (non-hydrogen) atoms. The van der Waals surface area contributed by atoms with Crippen LogP contribution in [-0.4, -0.2) is 28.8 Å². The average Bonchev–Trinajstić information content (AvgIpc) is 2.58.